The molecule has 0 aromatic carbocycles. The summed E-state index contributed by atoms with van der Waals surface area (Å²) in [6.45, 7) is 11.0. The summed E-state index contributed by atoms with van der Waals surface area (Å²) in [6.07, 6.45) is 12.8. The number of anilines is 1. The second-order valence-corrected chi connectivity index (χ2v) is 10.8. The van der Waals surface area contributed by atoms with Crippen molar-refractivity contribution in [1.82, 2.24) is 20.2 Å². The molecule has 0 spiro atoms. The standard InChI is InChI=1S/C26H41N5O4S/c1-6-7-8-9-10-11-13-29-25(34)30-23-20(24(33)35-26(3,4)5)19(2)21(36-23)22(32)28-14-12-16-31-17-15-27-18-31/h15,17-18H,6-14,16H2,1-5H3,(H,28,32)(H2,29,30,34). The van der Waals surface area contributed by atoms with Crippen LogP contribution in [0.2, 0.25) is 0 Å². The number of rotatable bonds is 14. The molecule has 0 radical (unpaired) electrons. The van der Waals surface area contributed by atoms with Gasteiger partial charge in [-0.1, -0.05) is 39.0 Å². The minimum absolute atomic E-state index is 0.216. The number of aryl methyl sites for hydroxylation is 1. The van der Waals surface area contributed by atoms with Crippen molar-refractivity contribution in [1.29, 1.82) is 0 Å². The Morgan fingerprint density at radius 2 is 1.72 bits per heavy atom. The lowest BCUT2D eigenvalue weighted by molar-refractivity contribution is 0.00705. The summed E-state index contributed by atoms with van der Waals surface area (Å²) in [6, 6.07) is -0.401. The van der Waals surface area contributed by atoms with Gasteiger partial charge in [-0.2, -0.15) is 0 Å². The molecule has 0 aliphatic rings. The van der Waals surface area contributed by atoms with Gasteiger partial charge < -0.3 is 19.9 Å². The predicted octanol–water partition coefficient (Wildman–Crippen LogP) is 5.51. The summed E-state index contributed by atoms with van der Waals surface area (Å²) in [4.78, 5) is 42.8. The summed E-state index contributed by atoms with van der Waals surface area (Å²) < 4.78 is 7.50. The zero-order valence-electron chi connectivity index (χ0n) is 22.2. The topological polar surface area (TPSA) is 114 Å². The van der Waals surface area contributed by atoms with Crippen LogP contribution in [0, 0.1) is 6.92 Å². The molecular weight excluding hydrogens is 478 g/mol. The van der Waals surface area contributed by atoms with Crippen molar-refractivity contribution >= 4 is 34.2 Å². The van der Waals surface area contributed by atoms with Crippen LogP contribution in [-0.4, -0.2) is 46.1 Å². The first-order valence-corrected chi connectivity index (χ1v) is 13.6. The van der Waals surface area contributed by atoms with Crippen LogP contribution in [0.4, 0.5) is 9.80 Å². The van der Waals surface area contributed by atoms with Gasteiger partial charge in [-0.05, 0) is 46.1 Å². The molecule has 36 heavy (non-hydrogen) atoms. The van der Waals surface area contributed by atoms with E-state index < -0.39 is 17.6 Å². The van der Waals surface area contributed by atoms with Gasteiger partial charge in [0, 0.05) is 32.0 Å². The lowest BCUT2D eigenvalue weighted by atomic mass is 10.1. The van der Waals surface area contributed by atoms with E-state index in [1.54, 1.807) is 40.2 Å². The van der Waals surface area contributed by atoms with Gasteiger partial charge in [-0.25, -0.2) is 14.6 Å². The van der Waals surface area contributed by atoms with Crippen molar-refractivity contribution in [2.45, 2.75) is 91.7 Å². The van der Waals surface area contributed by atoms with Crippen molar-refractivity contribution in [3.05, 3.63) is 34.7 Å². The summed E-state index contributed by atoms with van der Waals surface area (Å²) in [7, 11) is 0. The van der Waals surface area contributed by atoms with Crippen molar-refractivity contribution in [2.75, 3.05) is 18.4 Å². The van der Waals surface area contributed by atoms with Gasteiger partial charge in [0.05, 0.1) is 16.8 Å². The van der Waals surface area contributed by atoms with E-state index >= 15 is 0 Å². The number of thiophene rings is 1. The number of unbranched alkanes of at least 4 members (excludes halogenated alkanes) is 5. The zero-order chi connectivity index (χ0) is 26.6. The molecular formula is C26H41N5O4S. The molecule has 0 bridgehead atoms. The van der Waals surface area contributed by atoms with Crippen LogP contribution in [-0.2, 0) is 11.3 Å². The SMILES string of the molecule is CCCCCCCCNC(=O)Nc1sc(C(=O)NCCCn2ccnc2)c(C)c1C(=O)OC(C)(C)C. The first kappa shape index (κ1) is 29.4. The lowest BCUT2D eigenvalue weighted by Crippen LogP contribution is -2.30. The van der Waals surface area contributed by atoms with Crippen molar-refractivity contribution < 1.29 is 19.1 Å². The number of carbonyl (C=O) groups is 3. The van der Waals surface area contributed by atoms with E-state index in [2.05, 4.69) is 27.9 Å². The maximum atomic E-state index is 13.0. The Bertz CT molecular complexity index is 979. The molecule has 2 aromatic rings. The molecule has 9 nitrogen and oxygen atoms in total. The molecule has 0 saturated heterocycles. The molecule has 0 aliphatic heterocycles. The third-order valence-electron chi connectivity index (χ3n) is 5.44. The molecule has 0 fully saturated rings. The van der Waals surface area contributed by atoms with Gasteiger partial charge in [-0.3, -0.25) is 10.1 Å². The normalized spacial score (nSPS) is 11.2. The fraction of sp³-hybridized carbons (Fsp3) is 0.615. The van der Waals surface area contributed by atoms with E-state index in [0.29, 0.717) is 28.5 Å². The molecule has 2 aromatic heterocycles. The highest BCUT2D eigenvalue weighted by molar-refractivity contribution is 7.18. The second-order valence-electron chi connectivity index (χ2n) is 9.82. The number of nitrogens with one attached hydrogen (secondary N) is 3. The molecule has 200 valence electrons. The van der Waals surface area contributed by atoms with Crippen molar-refractivity contribution in [3.8, 4) is 0 Å². The number of esters is 1. The molecule has 0 unspecified atom stereocenters. The smallest absolute Gasteiger partial charge is 0.341 e. The molecule has 3 amide bonds. The Labute approximate surface area is 218 Å². The largest absolute Gasteiger partial charge is 0.456 e. The molecule has 0 aliphatic carbocycles. The molecule has 10 heteroatoms. The minimum atomic E-state index is -0.710. The number of amides is 3. The average Bonchev–Trinajstić information content (AvgIpc) is 3.42. The van der Waals surface area contributed by atoms with Crippen LogP contribution in [0.25, 0.3) is 0 Å². The Hall–Kier alpha value is -2.88. The van der Waals surface area contributed by atoms with Crippen LogP contribution >= 0.6 is 11.3 Å². The molecule has 0 saturated carbocycles. The first-order valence-electron chi connectivity index (χ1n) is 12.8. The van der Waals surface area contributed by atoms with Gasteiger partial charge in [-0.15, -0.1) is 11.3 Å². The molecule has 2 heterocycles. The van der Waals surface area contributed by atoms with Crippen LogP contribution in [0.15, 0.2) is 18.7 Å². The van der Waals surface area contributed by atoms with Crippen LogP contribution in [0.3, 0.4) is 0 Å². The van der Waals surface area contributed by atoms with E-state index in [1.807, 2.05) is 10.8 Å². The molecule has 0 atom stereocenters. The Kier molecular flexibility index (Phi) is 11.9. The van der Waals surface area contributed by atoms with Gasteiger partial charge in [0.2, 0.25) is 0 Å². The molecule has 2 rings (SSSR count). The highest BCUT2D eigenvalue weighted by Gasteiger charge is 2.29. The Morgan fingerprint density at radius 3 is 2.39 bits per heavy atom. The highest BCUT2D eigenvalue weighted by Crippen LogP contribution is 2.34. The number of nitrogens with zero attached hydrogens (tertiary/aromatic N) is 2. The number of urea groups is 1. The summed E-state index contributed by atoms with van der Waals surface area (Å²) >= 11 is 1.09. The quantitative estimate of drug-likeness (QED) is 0.225. The van der Waals surface area contributed by atoms with E-state index in [9.17, 15) is 14.4 Å². The first-order chi connectivity index (χ1) is 17.1. The maximum Gasteiger partial charge on any atom is 0.341 e. The van der Waals surface area contributed by atoms with Crippen LogP contribution in [0.1, 0.15) is 98.2 Å². The monoisotopic (exact) mass is 519 g/mol. The average molecular weight is 520 g/mol. The van der Waals surface area contributed by atoms with E-state index in [1.165, 1.54) is 19.3 Å². The summed E-state index contributed by atoms with van der Waals surface area (Å²) in [5, 5.41) is 8.83. The van der Waals surface area contributed by atoms with E-state index in [0.717, 1.165) is 43.6 Å². The third-order valence-corrected chi connectivity index (χ3v) is 6.64. The number of hydrogen-bond acceptors (Lipinski definition) is 6. The fourth-order valence-corrected chi connectivity index (χ4v) is 4.72. The van der Waals surface area contributed by atoms with Gasteiger partial charge in [0.25, 0.3) is 5.91 Å². The zero-order valence-corrected chi connectivity index (χ0v) is 23.1. The van der Waals surface area contributed by atoms with Crippen LogP contribution < -0.4 is 16.0 Å². The Balaban J connectivity index is 2.02. The second kappa shape index (κ2) is 14.6. The number of aromatic nitrogens is 2. The van der Waals surface area contributed by atoms with Gasteiger partial charge in [0.15, 0.2) is 0 Å². The van der Waals surface area contributed by atoms with E-state index in [-0.39, 0.29) is 11.5 Å². The minimum Gasteiger partial charge on any atom is -0.456 e. The van der Waals surface area contributed by atoms with Crippen LogP contribution in [0.5, 0.6) is 0 Å². The highest BCUT2D eigenvalue weighted by atomic mass is 32.1. The van der Waals surface area contributed by atoms with Crippen molar-refractivity contribution in [3.63, 3.8) is 0 Å². The summed E-state index contributed by atoms with van der Waals surface area (Å²) in [5.41, 5.74) is -0.000748. The Morgan fingerprint density at radius 1 is 1.03 bits per heavy atom. The number of hydrogen-bond donors (Lipinski definition) is 3. The van der Waals surface area contributed by atoms with E-state index in [4.69, 9.17) is 4.74 Å². The maximum absolute atomic E-state index is 13.0. The van der Waals surface area contributed by atoms with Gasteiger partial charge in [0.1, 0.15) is 10.6 Å². The predicted molar refractivity (Wildman–Crippen MR) is 144 cm³/mol. The number of imidazole rings is 1. The third kappa shape index (κ3) is 10.0. The summed E-state index contributed by atoms with van der Waals surface area (Å²) in [5.74, 6) is -0.852. The lowest BCUT2D eigenvalue weighted by Gasteiger charge is -2.20. The van der Waals surface area contributed by atoms with Gasteiger partial charge >= 0.3 is 12.0 Å². The van der Waals surface area contributed by atoms with Crippen molar-refractivity contribution in [2.24, 2.45) is 0 Å². The molecule has 3 N–H and O–H groups in total. The fourth-order valence-electron chi connectivity index (χ4n) is 3.61. The number of ether oxygens (including phenoxy) is 1. The number of carbonyl (C=O) groups excluding carboxylic acids is 3.